The number of nitrogens with two attached hydrogens (primary N) is 1. The highest BCUT2D eigenvalue weighted by atomic mass is 32.2. The third-order valence-corrected chi connectivity index (χ3v) is 10.5. The fourth-order valence-corrected chi connectivity index (χ4v) is 8.09. The second-order valence-corrected chi connectivity index (χ2v) is 12.5. The molecule has 6 unspecified atom stereocenters. The van der Waals surface area contributed by atoms with E-state index in [2.05, 4.69) is 26.3 Å². The maximum atomic E-state index is 13.8. The van der Waals surface area contributed by atoms with E-state index in [0.29, 0.717) is 58.8 Å². The number of carbonyl (C=O) groups is 1. The van der Waals surface area contributed by atoms with Crippen LogP contribution < -0.4 is 27.1 Å². The maximum Gasteiger partial charge on any atom is 0.229 e. The minimum Gasteiger partial charge on any atom is -0.379 e. The number of hydrogen-bond donors (Lipinski definition) is 5. The van der Waals surface area contributed by atoms with Crippen molar-refractivity contribution in [1.82, 2.24) is 35.6 Å². The lowest BCUT2D eigenvalue weighted by atomic mass is 9.94. The summed E-state index contributed by atoms with van der Waals surface area (Å²) >= 11 is 0. The first-order chi connectivity index (χ1) is 16.8. The van der Waals surface area contributed by atoms with E-state index in [1.54, 1.807) is 9.31 Å². The minimum absolute atomic E-state index is 0.109. The summed E-state index contributed by atoms with van der Waals surface area (Å²) in [6.07, 6.45) is 0.120. The molecule has 5 fully saturated rings. The van der Waals surface area contributed by atoms with Gasteiger partial charge in [-0.3, -0.25) is 15.0 Å². The van der Waals surface area contributed by atoms with E-state index in [4.69, 9.17) is 10.5 Å². The first-order valence-corrected chi connectivity index (χ1v) is 14.3. The SMILES string of the molecule is NC1NN2CC(F)CNC2C1C(=O)NC1CNCCC1N1CCC(S(=O)(=O)N2CCOCC2)CC1. The zero-order valence-corrected chi connectivity index (χ0v) is 20.9. The van der Waals surface area contributed by atoms with Gasteiger partial charge >= 0.3 is 0 Å². The Bertz CT molecular complexity index is 854. The standard InChI is InChI=1S/C21H39FN8O4S/c22-14-11-25-20-18(19(23)27-30(20)13-14)21(31)26-16-12-24-4-1-17(16)28-5-2-15(3-6-28)35(32,33)29-7-9-34-10-8-29/h14-20,24-25,27H,1-13,23H2,(H,26,31). The normalized spacial score (nSPS) is 38.8. The van der Waals surface area contributed by atoms with Gasteiger partial charge in [-0.1, -0.05) is 0 Å². The molecule has 0 bridgehead atoms. The van der Waals surface area contributed by atoms with Gasteiger partial charge in [-0.25, -0.2) is 23.2 Å². The largest absolute Gasteiger partial charge is 0.379 e. The number of sulfonamides is 1. The summed E-state index contributed by atoms with van der Waals surface area (Å²) in [5, 5.41) is 11.0. The van der Waals surface area contributed by atoms with E-state index in [0.717, 1.165) is 13.0 Å². The van der Waals surface area contributed by atoms with E-state index in [9.17, 15) is 17.6 Å². The lowest BCUT2D eigenvalue weighted by Gasteiger charge is -2.44. The fraction of sp³-hybridized carbons (Fsp3) is 0.952. The lowest BCUT2D eigenvalue weighted by molar-refractivity contribution is -0.128. The average Bonchev–Trinajstić information content (AvgIpc) is 3.19. The molecule has 200 valence electrons. The van der Waals surface area contributed by atoms with Crippen LogP contribution in [0.1, 0.15) is 19.3 Å². The number of morpholine rings is 1. The Morgan fingerprint density at radius 2 is 1.83 bits per heavy atom. The molecule has 6 atom stereocenters. The summed E-state index contributed by atoms with van der Waals surface area (Å²) in [4.78, 5) is 15.7. The molecule has 5 saturated heterocycles. The van der Waals surface area contributed by atoms with Crippen LogP contribution in [0.25, 0.3) is 0 Å². The molecule has 0 aliphatic carbocycles. The van der Waals surface area contributed by atoms with Crippen LogP contribution in [0, 0.1) is 5.92 Å². The van der Waals surface area contributed by atoms with Gasteiger partial charge in [0.15, 0.2) is 0 Å². The molecule has 0 radical (unpaired) electrons. The molecule has 0 saturated carbocycles. The number of hydrazine groups is 1. The van der Waals surface area contributed by atoms with Crippen LogP contribution in [0.3, 0.4) is 0 Å². The van der Waals surface area contributed by atoms with Crippen molar-refractivity contribution in [2.75, 3.05) is 65.6 Å². The van der Waals surface area contributed by atoms with Crippen molar-refractivity contribution >= 4 is 15.9 Å². The van der Waals surface area contributed by atoms with Crippen LogP contribution >= 0.6 is 0 Å². The average molecular weight is 519 g/mol. The van der Waals surface area contributed by atoms with Crippen molar-refractivity contribution < 1.29 is 22.3 Å². The molecule has 5 heterocycles. The van der Waals surface area contributed by atoms with Gasteiger partial charge in [-0.2, -0.15) is 4.31 Å². The molecule has 1 amide bonds. The third kappa shape index (κ3) is 5.36. The van der Waals surface area contributed by atoms with Crippen LogP contribution in [-0.2, 0) is 19.6 Å². The number of carbonyl (C=O) groups excluding carboxylic acids is 1. The smallest absolute Gasteiger partial charge is 0.229 e. The van der Waals surface area contributed by atoms with Crippen LogP contribution in [0.2, 0.25) is 0 Å². The maximum absolute atomic E-state index is 13.8. The van der Waals surface area contributed by atoms with Crippen molar-refractivity contribution in [2.45, 2.75) is 55.1 Å². The number of nitrogens with one attached hydrogen (secondary N) is 4. The van der Waals surface area contributed by atoms with Gasteiger partial charge in [0.25, 0.3) is 0 Å². The monoisotopic (exact) mass is 518 g/mol. The summed E-state index contributed by atoms with van der Waals surface area (Å²) in [6, 6.07) is 0.0193. The van der Waals surface area contributed by atoms with Crippen molar-refractivity contribution in [3.8, 4) is 0 Å². The number of alkyl halides is 1. The third-order valence-electron chi connectivity index (χ3n) is 8.09. The zero-order chi connectivity index (χ0) is 24.6. The molecule has 5 aliphatic heterocycles. The second kappa shape index (κ2) is 10.8. The van der Waals surface area contributed by atoms with Gasteiger partial charge in [-0.05, 0) is 38.9 Å². The van der Waals surface area contributed by atoms with Crippen molar-refractivity contribution in [3.05, 3.63) is 0 Å². The second-order valence-electron chi connectivity index (χ2n) is 10.3. The Morgan fingerprint density at radius 3 is 2.57 bits per heavy atom. The van der Waals surface area contributed by atoms with Gasteiger partial charge < -0.3 is 21.1 Å². The molecule has 35 heavy (non-hydrogen) atoms. The van der Waals surface area contributed by atoms with E-state index in [1.807, 2.05) is 0 Å². The molecule has 0 aromatic carbocycles. The Balaban J connectivity index is 1.18. The zero-order valence-electron chi connectivity index (χ0n) is 20.1. The molecular weight excluding hydrogens is 479 g/mol. The molecule has 0 aromatic rings. The van der Waals surface area contributed by atoms with Gasteiger partial charge in [0.2, 0.25) is 15.9 Å². The van der Waals surface area contributed by atoms with Crippen LogP contribution in [0.15, 0.2) is 0 Å². The van der Waals surface area contributed by atoms with E-state index < -0.39 is 28.3 Å². The summed E-state index contributed by atoms with van der Waals surface area (Å²) in [6.45, 7) is 5.05. The number of rotatable bonds is 5. The highest BCUT2D eigenvalue weighted by Crippen LogP contribution is 2.26. The predicted octanol–water partition coefficient (Wildman–Crippen LogP) is -3.05. The molecule has 12 nitrogen and oxygen atoms in total. The predicted molar refractivity (Wildman–Crippen MR) is 127 cm³/mol. The quantitative estimate of drug-likeness (QED) is 0.255. The van der Waals surface area contributed by atoms with Gasteiger partial charge in [0.05, 0.1) is 42.8 Å². The number of hydrogen-bond acceptors (Lipinski definition) is 10. The van der Waals surface area contributed by atoms with Crippen LogP contribution in [0.5, 0.6) is 0 Å². The van der Waals surface area contributed by atoms with Gasteiger partial charge in [0, 0.05) is 38.8 Å². The Kier molecular flexibility index (Phi) is 7.92. The number of nitrogens with zero attached hydrogens (tertiary/aromatic N) is 3. The number of fused-ring (bicyclic) bond motifs is 1. The first kappa shape index (κ1) is 25.7. The summed E-state index contributed by atoms with van der Waals surface area (Å²) in [5.74, 6) is -0.680. The number of ether oxygens (including phenoxy) is 1. The van der Waals surface area contributed by atoms with Crippen molar-refractivity contribution in [1.29, 1.82) is 0 Å². The molecule has 0 spiro atoms. The van der Waals surface area contributed by atoms with E-state index >= 15 is 0 Å². The van der Waals surface area contributed by atoms with Crippen LogP contribution in [-0.4, -0.2) is 130 Å². The number of amides is 1. The summed E-state index contributed by atoms with van der Waals surface area (Å²) < 4.78 is 46.8. The molecule has 5 rings (SSSR count). The fourth-order valence-electron chi connectivity index (χ4n) is 6.20. The number of piperidine rings is 2. The molecule has 0 aromatic heterocycles. The summed E-state index contributed by atoms with van der Waals surface area (Å²) in [7, 11) is -3.32. The van der Waals surface area contributed by atoms with Crippen molar-refractivity contribution in [2.24, 2.45) is 11.7 Å². The summed E-state index contributed by atoms with van der Waals surface area (Å²) in [5.41, 5.74) is 9.24. The van der Waals surface area contributed by atoms with E-state index in [-0.39, 0.29) is 42.5 Å². The number of likely N-dealkylation sites (tertiary alicyclic amines) is 1. The lowest BCUT2D eigenvalue weighted by Crippen LogP contribution is -2.64. The molecular formula is C21H39FN8O4S. The Hall–Kier alpha value is -0.970. The Labute approximate surface area is 206 Å². The van der Waals surface area contributed by atoms with Gasteiger partial charge in [0.1, 0.15) is 6.17 Å². The highest BCUT2D eigenvalue weighted by molar-refractivity contribution is 7.89. The molecule has 6 N–H and O–H groups in total. The molecule has 14 heteroatoms. The highest BCUT2D eigenvalue weighted by Gasteiger charge is 2.48. The first-order valence-electron chi connectivity index (χ1n) is 12.8. The number of halogens is 1. The van der Waals surface area contributed by atoms with Gasteiger partial charge in [-0.15, -0.1) is 0 Å². The Morgan fingerprint density at radius 1 is 1.09 bits per heavy atom. The van der Waals surface area contributed by atoms with Crippen LogP contribution in [0.4, 0.5) is 4.39 Å². The molecule has 5 aliphatic rings. The van der Waals surface area contributed by atoms with E-state index in [1.165, 1.54) is 0 Å². The van der Waals surface area contributed by atoms with Crippen molar-refractivity contribution in [3.63, 3.8) is 0 Å². The topological polar surface area (TPSA) is 144 Å². The minimum atomic E-state index is -3.32.